The maximum atomic E-state index is 11.3. The van der Waals surface area contributed by atoms with Crippen molar-refractivity contribution in [2.24, 2.45) is 5.41 Å². The quantitative estimate of drug-likeness (QED) is 0.853. The largest absolute Gasteiger partial charge is 0.481 e. The fraction of sp³-hybridized carbons (Fsp3) is 0.500. The summed E-state index contributed by atoms with van der Waals surface area (Å²) in [4.78, 5) is 15.6. The Morgan fingerprint density at radius 1 is 1.43 bits per heavy atom. The monoisotopic (exact) mass is 309 g/mol. The lowest BCUT2D eigenvalue weighted by Crippen LogP contribution is -2.54. The molecule has 114 valence electrons. The molecule has 0 saturated heterocycles. The van der Waals surface area contributed by atoms with Crippen LogP contribution in [-0.2, 0) is 11.3 Å². The Hall–Kier alpha value is -1.73. The van der Waals surface area contributed by atoms with Crippen LogP contribution >= 0.6 is 11.3 Å². The first-order valence-corrected chi connectivity index (χ1v) is 7.52. The van der Waals surface area contributed by atoms with E-state index in [1.54, 1.807) is 25.2 Å². The summed E-state index contributed by atoms with van der Waals surface area (Å²) in [5, 5.41) is 20.3. The molecule has 0 saturated carbocycles. The van der Waals surface area contributed by atoms with Gasteiger partial charge in [-0.1, -0.05) is 5.16 Å². The van der Waals surface area contributed by atoms with Crippen molar-refractivity contribution in [1.82, 2.24) is 15.5 Å². The van der Waals surface area contributed by atoms with Crippen molar-refractivity contribution >= 4 is 17.3 Å². The molecule has 6 nitrogen and oxygen atoms in total. The van der Waals surface area contributed by atoms with Crippen LogP contribution in [-0.4, -0.2) is 26.8 Å². The summed E-state index contributed by atoms with van der Waals surface area (Å²) in [6.07, 6.45) is 0. The van der Waals surface area contributed by atoms with Crippen LogP contribution in [0.2, 0.25) is 0 Å². The molecule has 0 amide bonds. The predicted octanol–water partition coefficient (Wildman–Crippen LogP) is 2.78. The van der Waals surface area contributed by atoms with Gasteiger partial charge in [-0.2, -0.15) is 16.3 Å². The Morgan fingerprint density at radius 2 is 2.14 bits per heavy atom. The molecule has 2 aromatic heterocycles. The normalized spacial score (nSPS) is 12.6. The summed E-state index contributed by atoms with van der Waals surface area (Å²) < 4.78 is 5.19. The molecule has 0 aliphatic heterocycles. The SMILES string of the molecule is CC(C)(NCc1nc(-c2ccsc2)no1)C(C)(C)C(=O)O. The van der Waals surface area contributed by atoms with Crippen LogP contribution < -0.4 is 5.32 Å². The van der Waals surface area contributed by atoms with E-state index < -0.39 is 16.9 Å². The molecule has 0 aliphatic carbocycles. The third-order valence-corrected chi connectivity index (χ3v) is 4.71. The number of aromatic nitrogens is 2. The van der Waals surface area contributed by atoms with E-state index in [1.165, 1.54) is 0 Å². The molecule has 2 N–H and O–H groups in total. The second kappa shape index (κ2) is 5.57. The summed E-state index contributed by atoms with van der Waals surface area (Å²) in [7, 11) is 0. The van der Waals surface area contributed by atoms with Crippen LogP contribution in [0.4, 0.5) is 0 Å². The molecular formula is C14H19N3O3S. The van der Waals surface area contributed by atoms with Gasteiger partial charge >= 0.3 is 5.97 Å². The highest BCUT2D eigenvalue weighted by molar-refractivity contribution is 7.08. The van der Waals surface area contributed by atoms with Crippen molar-refractivity contribution in [3.8, 4) is 11.4 Å². The van der Waals surface area contributed by atoms with E-state index in [-0.39, 0.29) is 0 Å². The molecule has 0 aliphatic rings. The molecule has 2 rings (SSSR count). The van der Waals surface area contributed by atoms with E-state index in [0.29, 0.717) is 18.3 Å². The van der Waals surface area contributed by atoms with Crippen LogP contribution in [0.3, 0.4) is 0 Å². The predicted molar refractivity (Wildman–Crippen MR) is 79.9 cm³/mol. The van der Waals surface area contributed by atoms with Crippen LogP contribution in [0.1, 0.15) is 33.6 Å². The van der Waals surface area contributed by atoms with Gasteiger partial charge in [-0.25, -0.2) is 0 Å². The zero-order valence-electron chi connectivity index (χ0n) is 12.5. The number of nitrogens with zero attached hydrogens (tertiary/aromatic N) is 2. The molecule has 0 spiro atoms. The second-order valence-corrected chi connectivity index (χ2v) is 6.71. The average Bonchev–Trinajstić information content (AvgIpc) is 3.07. The maximum absolute atomic E-state index is 11.3. The van der Waals surface area contributed by atoms with Crippen molar-refractivity contribution in [2.45, 2.75) is 39.8 Å². The number of thiophene rings is 1. The standard InChI is InChI=1S/C14H19N3O3S/c1-13(2,12(18)19)14(3,4)15-7-10-16-11(17-20-10)9-5-6-21-8-9/h5-6,8,15H,7H2,1-4H3,(H,18,19). The first kappa shape index (κ1) is 15.7. The number of hydrogen-bond acceptors (Lipinski definition) is 6. The number of carboxylic acids is 1. The van der Waals surface area contributed by atoms with Crippen LogP contribution in [0, 0.1) is 5.41 Å². The van der Waals surface area contributed by atoms with E-state index >= 15 is 0 Å². The van der Waals surface area contributed by atoms with Gasteiger partial charge in [0.2, 0.25) is 11.7 Å². The zero-order valence-corrected chi connectivity index (χ0v) is 13.3. The van der Waals surface area contributed by atoms with Gasteiger partial charge in [0.1, 0.15) is 0 Å². The highest BCUT2D eigenvalue weighted by Crippen LogP contribution is 2.31. The molecule has 0 atom stereocenters. The molecule has 21 heavy (non-hydrogen) atoms. The van der Waals surface area contributed by atoms with Crippen molar-refractivity contribution in [3.63, 3.8) is 0 Å². The summed E-state index contributed by atoms with van der Waals surface area (Å²) in [5.74, 6) is 0.123. The molecule has 2 heterocycles. The topological polar surface area (TPSA) is 88.3 Å². The lowest BCUT2D eigenvalue weighted by atomic mass is 9.74. The van der Waals surface area contributed by atoms with Crippen LogP contribution in [0.25, 0.3) is 11.4 Å². The van der Waals surface area contributed by atoms with E-state index in [4.69, 9.17) is 4.52 Å². The third-order valence-electron chi connectivity index (χ3n) is 4.03. The van der Waals surface area contributed by atoms with Gasteiger partial charge in [0, 0.05) is 16.5 Å². The van der Waals surface area contributed by atoms with Crippen molar-refractivity contribution in [3.05, 3.63) is 22.7 Å². The number of rotatable bonds is 6. The third kappa shape index (κ3) is 3.14. The molecule has 0 radical (unpaired) electrons. The maximum Gasteiger partial charge on any atom is 0.310 e. The summed E-state index contributed by atoms with van der Waals surface area (Å²) in [6.45, 7) is 7.38. The summed E-state index contributed by atoms with van der Waals surface area (Å²) in [6, 6.07) is 1.92. The van der Waals surface area contributed by atoms with Gasteiger partial charge in [0.25, 0.3) is 0 Å². The fourth-order valence-electron chi connectivity index (χ4n) is 1.62. The summed E-state index contributed by atoms with van der Waals surface area (Å²) in [5.41, 5.74) is -0.640. The van der Waals surface area contributed by atoms with Crippen molar-refractivity contribution in [1.29, 1.82) is 0 Å². The van der Waals surface area contributed by atoms with Gasteiger partial charge in [0.05, 0.1) is 12.0 Å². The molecule has 0 bridgehead atoms. The van der Waals surface area contributed by atoms with Crippen molar-refractivity contribution in [2.75, 3.05) is 0 Å². The fourth-order valence-corrected chi connectivity index (χ4v) is 2.25. The Balaban J connectivity index is 2.05. The van der Waals surface area contributed by atoms with E-state index in [1.807, 2.05) is 30.7 Å². The minimum absolute atomic E-state index is 0.320. The highest BCUT2D eigenvalue weighted by Gasteiger charge is 2.43. The number of carbonyl (C=O) groups is 1. The van der Waals surface area contributed by atoms with E-state index in [0.717, 1.165) is 5.56 Å². The zero-order chi connectivity index (χ0) is 15.7. The van der Waals surface area contributed by atoms with Gasteiger partial charge in [-0.05, 0) is 39.1 Å². The number of carboxylic acid groups (broad SMARTS) is 1. The molecule has 0 fully saturated rings. The van der Waals surface area contributed by atoms with Gasteiger partial charge in [0.15, 0.2) is 0 Å². The first-order valence-electron chi connectivity index (χ1n) is 6.57. The Labute approximate surface area is 127 Å². The number of hydrogen-bond donors (Lipinski definition) is 2. The first-order chi connectivity index (χ1) is 9.74. The number of nitrogens with one attached hydrogen (secondary N) is 1. The smallest absolute Gasteiger partial charge is 0.310 e. The Bertz CT molecular complexity index is 617. The highest BCUT2D eigenvalue weighted by atomic mass is 32.1. The Morgan fingerprint density at radius 3 is 2.71 bits per heavy atom. The van der Waals surface area contributed by atoms with Crippen LogP contribution in [0.5, 0.6) is 0 Å². The van der Waals surface area contributed by atoms with Crippen molar-refractivity contribution < 1.29 is 14.4 Å². The minimum Gasteiger partial charge on any atom is -0.481 e. The molecular weight excluding hydrogens is 290 g/mol. The summed E-state index contributed by atoms with van der Waals surface area (Å²) >= 11 is 1.57. The Kier molecular flexibility index (Phi) is 4.15. The lowest BCUT2D eigenvalue weighted by molar-refractivity contribution is -0.151. The lowest BCUT2D eigenvalue weighted by Gasteiger charge is -2.38. The van der Waals surface area contributed by atoms with Gasteiger partial charge < -0.3 is 14.9 Å². The van der Waals surface area contributed by atoms with E-state index in [2.05, 4.69) is 15.5 Å². The average molecular weight is 309 g/mol. The number of aliphatic carboxylic acids is 1. The van der Waals surface area contributed by atoms with Gasteiger partial charge in [-0.15, -0.1) is 0 Å². The minimum atomic E-state index is -0.927. The van der Waals surface area contributed by atoms with Gasteiger partial charge in [-0.3, -0.25) is 4.79 Å². The second-order valence-electron chi connectivity index (χ2n) is 5.93. The molecule has 0 unspecified atom stereocenters. The van der Waals surface area contributed by atoms with Crippen LogP contribution in [0.15, 0.2) is 21.3 Å². The molecule has 0 aromatic carbocycles. The molecule has 7 heteroatoms. The molecule has 2 aromatic rings. The van der Waals surface area contributed by atoms with E-state index in [9.17, 15) is 9.90 Å².